The molecule has 2 unspecified atom stereocenters. The summed E-state index contributed by atoms with van der Waals surface area (Å²) >= 11 is -2.77. The molecule has 0 saturated heterocycles. The van der Waals surface area contributed by atoms with Crippen molar-refractivity contribution >= 4 is 18.6 Å². The van der Waals surface area contributed by atoms with E-state index in [1.807, 2.05) is 19.1 Å². The Bertz CT molecular complexity index is 340. The van der Waals surface area contributed by atoms with Crippen molar-refractivity contribution in [1.29, 1.82) is 0 Å². The molecule has 0 radical (unpaired) electrons. The standard InChI is InChI=1S/C10H14O4Se/c1-8(7-13-2)9-5-3-4-6-10(9)15(12)14-11/h3-6,8,11H,7H2,1-2H3. The topological polar surface area (TPSA) is 55.8 Å². The monoisotopic (exact) mass is 278 g/mol. The molecule has 2 atom stereocenters. The fraction of sp³-hybridized carbons (Fsp3) is 0.400. The van der Waals surface area contributed by atoms with Gasteiger partial charge in [-0.3, -0.25) is 0 Å². The summed E-state index contributed by atoms with van der Waals surface area (Å²) in [5.41, 5.74) is 0.897. The van der Waals surface area contributed by atoms with Gasteiger partial charge in [-0.2, -0.15) is 0 Å². The molecule has 0 amide bonds. The van der Waals surface area contributed by atoms with Crippen molar-refractivity contribution in [2.24, 2.45) is 0 Å². The van der Waals surface area contributed by atoms with Gasteiger partial charge in [-0.25, -0.2) is 0 Å². The summed E-state index contributed by atoms with van der Waals surface area (Å²) in [4.78, 5) is 0. The van der Waals surface area contributed by atoms with Gasteiger partial charge in [0.15, 0.2) is 0 Å². The molecule has 0 aliphatic heterocycles. The van der Waals surface area contributed by atoms with Crippen molar-refractivity contribution in [1.82, 2.24) is 0 Å². The molecule has 1 rings (SSSR count). The zero-order chi connectivity index (χ0) is 11.3. The van der Waals surface area contributed by atoms with Gasteiger partial charge >= 0.3 is 92.8 Å². The van der Waals surface area contributed by atoms with Crippen LogP contribution in [0.1, 0.15) is 18.4 Å². The predicted octanol–water partition coefficient (Wildman–Crippen LogP) is 1.05. The van der Waals surface area contributed by atoms with Crippen molar-refractivity contribution in [2.75, 3.05) is 13.7 Å². The summed E-state index contributed by atoms with van der Waals surface area (Å²) in [6.45, 7) is 2.51. The van der Waals surface area contributed by atoms with Crippen LogP contribution in [-0.4, -0.2) is 33.1 Å². The van der Waals surface area contributed by atoms with Crippen LogP contribution in [0.25, 0.3) is 0 Å². The first-order valence-corrected chi connectivity index (χ1v) is 6.77. The Morgan fingerprint density at radius 1 is 1.47 bits per heavy atom. The van der Waals surface area contributed by atoms with Gasteiger partial charge in [-0.1, -0.05) is 0 Å². The molecule has 0 spiro atoms. The van der Waals surface area contributed by atoms with Gasteiger partial charge in [-0.15, -0.1) is 0 Å². The Morgan fingerprint density at radius 3 is 2.73 bits per heavy atom. The molecule has 4 nitrogen and oxygen atoms in total. The minimum atomic E-state index is -2.77. The Hall–Kier alpha value is -0.581. The number of hydrogen-bond acceptors (Lipinski definition) is 4. The van der Waals surface area contributed by atoms with E-state index in [4.69, 9.17) is 9.99 Å². The van der Waals surface area contributed by atoms with Crippen LogP contribution in [0.15, 0.2) is 24.3 Å². The fourth-order valence-corrected chi connectivity index (χ4v) is 2.95. The van der Waals surface area contributed by atoms with Gasteiger partial charge in [0.2, 0.25) is 0 Å². The first-order valence-electron chi connectivity index (χ1n) is 4.52. The van der Waals surface area contributed by atoms with E-state index < -0.39 is 14.2 Å². The number of rotatable bonds is 5. The fourth-order valence-electron chi connectivity index (χ4n) is 1.42. The van der Waals surface area contributed by atoms with Gasteiger partial charge in [0.25, 0.3) is 0 Å². The molecule has 0 aliphatic rings. The van der Waals surface area contributed by atoms with E-state index in [-0.39, 0.29) is 5.92 Å². The normalized spacial score (nSPS) is 14.9. The van der Waals surface area contributed by atoms with E-state index in [2.05, 4.69) is 3.97 Å². The third kappa shape index (κ3) is 3.19. The molecular weight excluding hydrogens is 263 g/mol. The molecule has 1 N–H and O–H groups in total. The number of ether oxygens (including phenoxy) is 1. The summed E-state index contributed by atoms with van der Waals surface area (Å²) in [5, 5.41) is 8.44. The van der Waals surface area contributed by atoms with Gasteiger partial charge in [0.1, 0.15) is 0 Å². The Labute approximate surface area is 93.2 Å². The van der Waals surface area contributed by atoms with E-state index in [9.17, 15) is 3.83 Å². The van der Waals surface area contributed by atoms with Crippen LogP contribution in [0.3, 0.4) is 0 Å². The van der Waals surface area contributed by atoms with E-state index >= 15 is 0 Å². The Kier molecular flexibility index (Phi) is 5.08. The third-order valence-electron chi connectivity index (χ3n) is 2.11. The van der Waals surface area contributed by atoms with Gasteiger partial charge in [0, 0.05) is 0 Å². The van der Waals surface area contributed by atoms with Crippen LogP contribution in [0.2, 0.25) is 0 Å². The summed E-state index contributed by atoms with van der Waals surface area (Å²) in [5.74, 6) is 0.126. The molecule has 0 aromatic heterocycles. The van der Waals surface area contributed by atoms with Crippen molar-refractivity contribution in [3.8, 4) is 0 Å². The van der Waals surface area contributed by atoms with Crippen molar-refractivity contribution in [2.45, 2.75) is 12.8 Å². The second-order valence-electron chi connectivity index (χ2n) is 3.20. The Balaban J connectivity index is 3.00. The summed E-state index contributed by atoms with van der Waals surface area (Å²) in [6.07, 6.45) is 0. The maximum absolute atomic E-state index is 11.4. The molecule has 1 aromatic rings. The average Bonchev–Trinajstić information content (AvgIpc) is 2.28. The molecule has 0 heterocycles. The average molecular weight is 277 g/mol. The zero-order valence-corrected chi connectivity index (χ0v) is 10.4. The molecule has 15 heavy (non-hydrogen) atoms. The first kappa shape index (κ1) is 12.5. The molecule has 84 valence electrons. The third-order valence-corrected chi connectivity index (χ3v) is 3.93. The van der Waals surface area contributed by atoms with E-state index in [1.54, 1.807) is 19.2 Å². The summed E-state index contributed by atoms with van der Waals surface area (Å²) in [7, 11) is 1.62. The number of hydrogen-bond donors (Lipinski definition) is 1. The first-order chi connectivity index (χ1) is 7.20. The van der Waals surface area contributed by atoms with E-state index in [0.717, 1.165) is 5.56 Å². The molecule has 1 aromatic carbocycles. The van der Waals surface area contributed by atoms with Crippen LogP contribution in [0, 0.1) is 0 Å². The van der Waals surface area contributed by atoms with Crippen molar-refractivity contribution in [3.05, 3.63) is 29.8 Å². The molecule has 5 heteroatoms. The second kappa shape index (κ2) is 6.10. The van der Waals surface area contributed by atoms with Crippen LogP contribution in [0.5, 0.6) is 0 Å². The van der Waals surface area contributed by atoms with Crippen LogP contribution in [-0.2, 0) is 12.5 Å². The molecule has 0 bridgehead atoms. The van der Waals surface area contributed by atoms with E-state index in [0.29, 0.717) is 11.1 Å². The van der Waals surface area contributed by atoms with Gasteiger partial charge < -0.3 is 0 Å². The van der Waals surface area contributed by atoms with Crippen LogP contribution in [0.4, 0.5) is 0 Å². The summed E-state index contributed by atoms with van der Waals surface area (Å²) in [6, 6.07) is 7.20. The quantitative estimate of drug-likeness (QED) is 0.496. The SMILES string of the molecule is COCC(C)c1ccccc1[Se](=O)OO. The second-order valence-corrected chi connectivity index (χ2v) is 5.42. The number of methoxy groups -OCH3 is 1. The molecule has 0 saturated carbocycles. The maximum atomic E-state index is 11.4. The van der Waals surface area contributed by atoms with Gasteiger partial charge in [0.05, 0.1) is 0 Å². The molecule has 0 fully saturated rings. The Morgan fingerprint density at radius 2 is 2.13 bits per heavy atom. The molecular formula is C10H14O4Se. The van der Waals surface area contributed by atoms with Gasteiger partial charge in [-0.05, 0) is 0 Å². The van der Waals surface area contributed by atoms with E-state index in [1.165, 1.54) is 0 Å². The molecule has 0 aliphatic carbocycles. The van der Waals surface area contributed by atoms with Crippen molar-refractivity contribution in [3.63, 3.8) is 0 Å². The zero-order valence-electron chi connectivity index (χ0n) is 8.67. The minimum absolute atomic E-state index is 0.126. The van der Waals surface area contributed by atoms with Crippen molar-refractivity contribution < 1.29 is 17.8 Å². The number of benzene rings is 1. The summed E-state index contributed by atoms with van der Waals surface area (Å²) < 4.78 is 21.0. The predicted molar refractivity (Wildman–Crippen MR) is 56.5 cm³/mol. The van der Waals surface area contributed by atoms with Crippen LogP contribution >= 0.6 is 0 Å². The van der Waals surface area contributed by atoms with Crippen LogP contribution < -0.4 is 4.46 Å².